The van der Waals surface area contributed by atoms with Gasteiger partial charge in [0.15, 0.2) is 0 Å². The van der Waals surface area contributed by atoms with Gasteiger partial charge in [-0.2, -0.15) is 0 Å². The summed E-state index contributed by atoms with van der Waals surface area (Å²) in [7, 11) is 0. The Morgan fingerprint density at radius 2 is 1.57 bits per heavy atom. The van der Waals surface area contributed by atoms with Crippen molar-refractivity contribution >= 4 is 6.83 Å². The molecule has 7 heavy (non-hydrogen) atoms. The van der Waals surface area contributed by atoms with Crippen LogP contribution in [0.1, 0.15) is 0 Å². The third-order valence-corrected chi connectivity index (χ3v) is 4.27. The van der Waals surface area contributed by atoms with E-state index in [0.717, 1.165) is 6.61 Å². The Bertz CT molecular complexity index is 82.0. The number of hydrogen-bond acceptors (Lipinski definition) is 1. The Labute approximate surface area is 45.1 Å². The van der Waals surface area contributed by atoms with Crippen molar-refractivity contribution in [2.75, 3.05) is 32.8 Å². The molecule has 1 aliphatic heterocycles. The summed E-state index contributed by atoms with van der Waals surface area (Å²) >= 11 is 0. The SMILES string of the molecule is CP1(C)(C)CCO1. The molecule has 1 rings (SSSR count). The molecule has 1 saturated heterocycles. The summed E-state index contributed by atoms with van der Waals surface area (Å²) in [4.78, 5) is 0. The van der Waals surface area contributed by atoms with E-state index in [1.807, 2.05) is 0 Å². The van der Waals surface area contributed by atoms with Gasteiger partial charge in [0.25, 0.3) is 0 Å². The molecule has 0 bridgehead atoms. The van der Waals surface area contributed by atoms with Gasteiger partial charge in [-0.1, -0.05) is 0 Å². The van der Waals surface area contributed by atoms with Crippen molar-refractivity contribution in [2.24, 2.45) is 0 Å². The van der Waals surface area contributed by atoms with Crippen molar-refractivity contribution in [3.63, 3.8) is 0 Å². The van der Waals surface area contributed by atoms with Crippen LogP contribution in [0.4, 0.5) is 0 Å². The molecule has 0 aliphatic carbocycles. The molecule has 2 heteroatoms. The maximum absolute atomic E-state index is 5.44. The van der Waals surface area contributed by atoms with E-state index in [2.05, 4.69) is 20.0 Å². The molecule has 1 aliphatic rings. The predicted molar refractivity (Wildman–Crippen MR) is 35.5 cm³/mol. The van der Waals surface area contributed by atoms with E-state index in [1.54, 1.807) is 0 Å². The van der Waals surface area contributed by atoms with Gasteiger partial charge in [-0.05, 0) is 0 Å². The first-order valence-electron chi connectivity index (χ1n) is 2.63. The van der Waals surface area contributed by atoms with E-state index in [0.29, 0.717) is 0 Å². The topological polar surface area (TPSA) is 9.23 Å². The second-order valence-corrected chi connectivity index (χ2v) is 10.2. The molecule has 0 N–H and O–H groups in total. The second kappa shape index (κ2) is 1.04. The minimum absolute atomic E-state index is 1.00. The summed E-state index contributed by atoms with van der Waals surface area (Å²) in [5, 5.41) is 0. The monoisotopic (exact) mass is 120 g/mol. The van der Waals surface area contributed by atoms with Gasteiger partial charge >= 0.3 is 44.1 Å². The van der Waals surface area contributed by atoms with Crippen LogP contribution in [0.5, 0.6) is 0 Å². The molecule has 0 saturated carbocycles. The zero-order chi connectivity index (χ0) is 5.57. The number of hydrogen-bond donors (Lipinski definition) is 0. The summed E-state index contributed by atoms with van der Waals surface area (Å²) < 4.78 is 5.44. The van der Waals surface area contributed by atoms with Gasteiger partial charge in [-0.3, -0.25) is 0 Å². The molecule has 1 heterocycles. The normalized spacial score (nSPS) is 40.1. The van der Waals surface area contributed by atoms with E-state index >= 15 is 0 Å². The van der Waals surface area contributed by atoms with Crippen LogP contribution in [-0.4, -0.2) is 32.8 Å². The maximum atomic E-state index is 5.44. The van der Waals surface area contributed by atoms with E-state index in [1.165, 1.54) is 6.16 Å². The molecular formula is C5H13OP. The van der Waals surface area contributed by atoms with Gasteiger partial charge in [0.1, 0.15) is 0 Å². The molecule has 1 nitrogen and oxygen atoms in total. The summed E-state index contributed by atoms with van der Waals surface area (Å²) in [6.07, 6.45) is 1.32. The average Bonchev–Trinajstić information content (AvgIpc) is 1.30. The summed E-state index contributed by atoms with van der Waals surface area (Å²) in [6, 6.07) is 0. The quantitative estimate of drug-likeness (QED) is 0.439. The first kappa shape index (κ1) is 5.53. The second-order valence-electron chi connectivity index (χ2n) is 3.52. The van der Waals surface area contributed by atoms with Crippen molar-refractivity contribution in [1.82, 2.24) is 0 Å². The van der Waals surface area contributed by atoms with Crippen LogP contribution in [0.25, 0.3) is 0 Å². The van der Waals surface area contributed by atoms with Crippen LogP contribution in [-0.2, 0) is 4.52 Å². The van der Waals surface area contributed by atoms with Gasteiger partial charge in [-0.25, -0.2) is 0 Å². The van der Waals surface area contributed by atoms with Crippen LogP contribution in [0.2, 0.25) is 0 Å². The molecule has 1 fully saturated rings. The molecule has 0 aromatic carbocycles. The fourth-order valence-corrected chi connectivity index (χ4v) is 1.92. The Kier molecular flexibility index (Phi) is 0.817. The van der Waals surface area contributed by atoms with Crippen molar-refractivity contribution in [3.05, 3.63) is 0 Å². The van der Waals surface area contributed by atoms with Gasteiger partial charge < -0.3 is 0 Å². The Balaban J connectivity index is 2.60. The van der Waals surface area contributed by atoms with Crippen molar-refractivity contribution < 1.29 is 4.52 Å². The Morgan fingerprint density at radius 1 is 1.29 bits per heavy atom. The van der Waals surface area contributed by atoms with E-state index < -0.39 is 6.83 Å². The summed E-state index contributed by atoms with van der Waals surface area (Å²) in [5.74, 6) is 0. The Hall–Kier alpha value is 0.390. The van der Waals surface area contributed by atoms with Gasteiger partial charge in [0.2, 0.25) is 0 Å². The van der Waals surface area contributed by atoms with Gasteiger partial charge in [0.05, 0.1) is 0 Å². The fraction of sp³-hybridized carbons (Fsp3) is 1.00. The van der Waals surface area contributed by atoms with Crippen LogP contribution in [0.15, 0.2) is 0 Å². The van der Waals surface area contributed by atoms with Crippen molar-refractivity contribution in [3.8, 4) is 0 Å². The predicted octanol–water partition coefficient (Wildman–Crippen LogP) is 1.37. The Morgan fingerprint density at radius 3 is 1.57 bits per heavy atom. The van der Waals surface area contributed by atoms with Crippen molar-refractivity contribution in [1.29, 1.82) is 0 Å². The molecule has 44 valence electrons. The molecule has 0 unspecified atom stereocenters. The fourth-order valence-electron chi connectivity index (χ4n) is 0.639. The third kappa shape index (κ3) is 1.14. The molecular weight excluding hydrogens is 107 g/mol. The third-order valence-electron chi connectivity index (χ3n) is 1.42. The zero-order valence-electron chi connectivity index (χ0n) is 5.27. The first-order chi connectivity index (χ1) is 2.97. The van der Waals surface area contributed by atoms with Crippen LogP contribution in [0, 0.1) is 0 Å². The van der Waals surface area contributed by atoms with Gasteiger partial charge in [-0.15, -0.1) is 0 Å². The van der Waals surface area contributed by atoms with E-state index in [4.69, 9.17) is 4.52 Å². The van der Waals surface area contributed by atoms with E-state index in [-0.39, 0.29) is 0 Å². The van der Waals surface area contributed by atoms with Crippen LogP contribution < -0.4 is 0 Å². The molecule has 0 spiro atoms. The summed E-state index contributed by atoms with van der Waals surface area (Å²) in [6.45, 7) is 6.38. The minimum atomic E-state index is -1.40. The molecule has 0 radical (unpaired) electrons. The first-order valence-corrected chi connectivity index (χ1v) is 6.31. The summed E-state index contributed by atoms with van der Waals surface area (Å²) in [5.41, 5.74) is 0. The standard InChI is InChI=1S/C5H13OP/c1-7(2,3)5-4-6-7/h4-5H2,1-3H3. The van der Waals surface area contributed by atoms with Crippen LogP contribution >= 0.6 is 6.83 Å². The molecule has 0 atom stereocenters. The van der Waals surface area contributed by atoms with Crippen LogP contribution in [0.3, 0.4) is 0 Å². The average molecular weight is 120 g/mol. The van der Waals surface area contributed by atoms with E-state index in [9.17, 15) is 0 Å². The molecule has 0 aromatic heterocycles. The zero-order valence-corrected chi connectivity index (χ0v) is 6.16. The van der Waals surface area contributed by atoms with Gasteiger partial charge in [0, 0.05) is 0 Å². The number of rotatable bonds is 0. The molecule has 0 amide bonds. The van der Waals surface area contributed by atoms with Crippen molar-refractivity contribution in [2.45, 2.75) is 0 Å². The molecule has 0 aromatic rings.